The van der Waals surface area contributed by atoms with Crippen LogP contribution >= 0.6 is 11.6 Å². The van der Waals surface area contributed by atoms with Gasteiger partial charge in [0.15, 0.2) is 6.61 Å². The smallest absolute Gasteiger partial charge is 0.387 e. The van der Waals surface area contributed by atoms with Gasteiger partial charge in [-0.05, 0) is 18.2 Å². The van der Waals surface area contributed by atoms with E-state index in [1.54, 1.807) is 13.8 Å². The minimum Gasteiger partial charge on any atom is -0.455 e. The summed E-state index contributed by atoms with van der Waals surface area (Å²) in [5, 5.41) is 2.34. The molecule has 116 valence electrons. The lowest BCUT2D eigenvalue weighted by atomic mass is 10.2. The van der Waals surface area contributed by atoms with Crippen LogP contribution in [-0.2, 0) is 14.3 Å². The molecule has 0 atom stereocenters. The number of anilines is 1. The van der Waals surface area contributed by atoms with Gasteiger partial charge >= 0.3 is 12.6 Å². The summed E-state index contributed by atoms with van der Waals surface area (Å²) >= 11 is 5.73. The normalized spacial score (nSPS) is 10.6. The van der Waals surface area contributed by atoms with Crippen LogP contribution in [0.2, 0.25) is 5.02 Å². The Labute approximate surface area is 125 Å². The molecule has 0 bridgehead atoms. The van der Waals surface area contributed by atoms with E-state index in [4.69, 9.17) is 16.3 Å². The highest BCUT2D eigenvalue weighted by Gasteiger charge is 2.13. The Hall–Kier alpha value is -1.89. The zero-order valence-corrected chi connectivity index (χ0v) is 12.1. The highest BCUT2D eigenvalue weighted by atomic mass is 35.5. The van der Waals surface area contributed by atoms with Crippen LogP contribution in [0.5, 0.6) is 5.75 Å². The summed E-state index contributed by atoms with van der Waals surface area (Å²) in [6, 6.07) is 3.79. The molecule has 0 saturated carbocycles. The molecule has 1 amide bonds. The lowest BCUT2D eigenvalue weighted by Crippen LogP contribution is -2.22. The molecule has 1 aromatic rings. The van der Waals surface area contributed by atoms with E-state index in [0.717, 1.165) is 0 Å². The highest BCUT2D eigenvalue weighted by Crippen LogP contribution is 2.28. The Kier molecular flexibility index (Phi) is 6.36. The number of alkyl halides is 2. The number of benzene rings is 1. The molecule has 0 aliphatic heterocycles. The number of rotatable bonds is 6. The third-order valence-electron chi connectivity index (χ3n) is 2.25. The van der Waals surface area contributed by atoms with Gasteiger partial charge < -0.3 is 14.8 Å². The third-order valence-corrected chi connectivity index (χ3v) is 2.54. The minimum absolute atomic E-state index is 0.0766. The number of esters is 1. The summed E-state index contributed by atoms with van der Waals surface area (Å²) < 4.78 is 33.0. The first kappa shape index (κ1) is 17.2. The van der Waals surface area contributed by atoms with Crippen molar-refractivity contribution in [3.63, 3.8) is 0 Å². The monoisotopic (exact) mass is 321 g/mol. The molecule has 0 unspecified atom stereocenters. The number of ether oxygens (including phenoxy) is 2. The SMILES string of the molecule is CC(C)C(=O)OCC(=O)Nc1ccc(OC(F)F)c(Cl)c1. The molecule has 0 heterocycles. The molecule has 0 spiro atoms. The summed E-state index contributed by atoms with van der Waals surface area (Å²) in [5.74, 6) is -1.60. The quantitative estimate of drug-likeness (QED) is 0.818. The first-order valence-electron chi connectivity index (χ1n) is 6.00. The van der Waals surface area contributed by atoms with Gasteiger partial charge in [-0.1, -0.05) is 25.4 Å². The lowest BCUT2D eigenvalue weighted by Gasteiger charge is -2.10. The highest BCUT2D eigenvalue weighted by molar-refractivity contribution is 6.32. The summed E-state index contributed by atoms with van der Waals surface area (Å²) in [7, 11) is 0. The fourth-order valence-electron chi connectivity index (χ4n) is 1.27. The van der Waals surface area contributed by atoms with Gasteiger partial charge in [0.1, 0.15) is 5.75 Å². The van der Waals surface area contributed by atoms with Crippen molar-refractivity contribution in [1.29, 1.82) is 0 Å². The Morgan fingerprint density at radius 3 is 2.52 bits per heavy atom. The molecule has 0 radical (unpaired) electrons. The first-order valence-corrected chi connectivity index (χ1v) is 6.38. The molecule has 0 saturated heterocycles. The van der Waals surface area contributed by atoms with Crippen LogP contribution in [0.1, 0.15) is 13.8 Å². The zero-order chi connectivity index (χ0) is 16.0. The second-order valence-electron chi connectivity index (χ2n) is 4.33. The Morgan fingerprint density at radius 2 is 2.00 bits per heavy atom. The number of hydrogen-bond acceptors (Lipinski definition) is 4. The lowest BCUT2D eigenvalue weighted by molar-refractivity contribution is -0.150. The molecule has 0 aromatic heterocycles. The van der Waals surface area contributed by atoms with E-state index in [1.165, 1.54) is 18.2 Å². The molecule has 0 aliphatic carbocycles. The Morgan fingerprint density at radius 1 is 1.33 bits per heavy atom. The van der Waals surface area contributed by atoms with Crippen molar-refractivity contribution in [1.82, 2.24) is 0 Å². The summed E-state index contributed by atoms with van der Waals surface area (Å²) in [6.07, 6.45) is 0. The van der Waals surface area contributed by atoms with Crippen LogP contribution in [0.15, 0.2) is 18.2 Å². The van der Waals surface area contributed by atoms with Gasteiger partial charge in [-0.25, -0.2) is 0 Å². The number of halogens is 3. The molecule has 1 N–H and O–H groups in total. The summed E-state index contributed by atoms with van der Waals surface area (Å²) in [4.78, 5) is 22.7. The molecule has 21 heavy (non-hydrogen) atoms. The molecule has 0 fully saturated rings. The van der Waals surface area contributed by atoms with E-state index in [0.29, 0.717) is 0 Å². The molecule has 0 aliphatic rings. The van der Waals surface area contributed by atoms with E-state index in [9.17, 15) is 18.4 Å². The van der Waals surface area contributed by atoms with Gasteiger partial charge in [-0.2, -0.15) is 8.78 Å². The van der Waals surface area contributed by atoms with Crippen LogP contribution in [0, 0.1) is 5.92 Å². The largest absolute Gasteiger partial charge is 0.455 e. The number of carbonyl (C=O) groups excluding carboxylic acids is 2. The Balaban J connectivity index is 2.57. The van der Waals surface area contributed by atoms with Crippen LogP contribution in [0.4, 0.5) is 14.5 Å². The first-order chi connectivity index (χ1) is 9.79. The molecule has 1 aromatic carbocycles. The van der Waals surface area contributed by atoms with Crippen LogP contribution < -0.4 is 10.1 Å². The number of amides is 1. The van der Waals surface area contributed by atoms with Gasteiger partial charge in [-0.3, -0.25) is 9.59 Å². The van der Waals surface area contributed by atoms with Crippen molar-refractivity contribution < 1.29 is 27.8 Å². The standard InChI is InChI=1S/C13H14ClF2NO4/c1-7(2)12(19)20-6-11(18)17-8-3-4-10(9(14)5-8)21-13(15)16/h3-5,7,13H,6H2,1-2H3,(H,17,18). The van der Waals surface area contributed by atoms with Crippen LogP contribution in [-0.4, -0.2) is 25.1 Å². The van der Waals surface area contributed by atoms with Crippen molar-refractivity contribution in [2.24, 2.45) is 5.92 Å². The predicted octanol–water partition coefficient (Wildman–Crippen LogP) is 3.08. The van der Waals surface area contributed by atoms with Crippen molar-refractivity contribution in [3.05, 3.63) is 23.2 Å². The fourth-order valence-corrected chi connectivity index (χ4v) is 1.50. The average Bonchev–Trinajstić information content (AvgIpc) is 2.38. The van der Waals surface area contributed by atoms with Gasteiger partial charge in [-0.15, -0.1) is 0 Å². The van der Waals surface area contributed by atoms with E-state index in [-0.39, 0.29) is 22.4 Å². The maximum absolute atomic E-state index is 12.1. The molecular formula is C13H14ClF2NO4. The number of hydrogen-bond donors (Lipinski definition) is 1. The number of nitrogens with one attached hydrogen (secondary N) is 1. The van der Waals surface area contributed by atoms with Gasteiger partial charge in [0.25, 0.3) is 5.91 Å². The van der Waals surface area contributed by atoms with Crippen LogP contribution in [0.25, 0.3) is 0 Å². The second kappa shape index (κ2) is 7.78. The van der Waals surface area contributed by atoms with Crippen molar-refractivity contribution in [2.75, 3.05) is 11.9 Å². The average molecular weight is 322 g/mol. The zero-order valence-electron chi connectivity index (χ0n) is 11.4. The molecular weight excluding hydrogens is 308 g/mol. The maximum atomic E-state index is 12.1. The minimum atomic E-state index is -2.99. The summed E-state index contributed by atoms with van der Waals surface area (Å²) in [6.45, 7) is -0.147. The van der Waals surface area contributed by atoms with E-state index in [1.807, 2.05) is 0 Å². The van der Waals surface area contributed by atoms with Crippen molar-refractivity contribution in [2.45, 2.75) is 20.5 Å². The molecule has 1 rings (SSSR count). The molecule has 8 heteroatoms. The second-order valence-corrected chi connectivity index (χ2v) is 4.74. The number of carbonyl (C=O) groups is 2. The maximum Gasteiger partial charge on any atom is 0.387 e. The van der Waals surface area contributed by atoms with Crippen molar-refractivity contribution in [3.8, 4) is 5.75 Å². The predicted molar refractivity (Wildman–Crippen MR) is 72.5 cm³/mol. The van der Waals surface area contributed by atoms with E-state index >= 15 is 0 Å². The fraction of sp³-hybridized carbons (Fsp3) is 0.385. The van der Waals surface area contributed by atoms with Crippen molar-refractivity contribution >= 4 is 29.2 Å². The van der Waals surface area contributed by atoms with Gasteiger partial charge in [0, 0.05) is 5.69 Å². The summed E-state index contributed by atoms with van der Waals surface area (Å²) in [5.41, 5.74) is 0.271. The van der Waals surface area contributed by atoms with Crippen LogP contribution in [0.3, 0.4) is 0 Å². The van der Waals surface area contributed by atoms with Gasteiger partial charge in [0.05, 0.1) is 10.9 Å². The van der Waals surface area contributed by atoms with E-state index < -0.39 is 25.1 Å². The van der Waals surface area contributed by atoms with E-state index in [2.05, 4.69) is 10.1 Å². The molecule has 5 nitrogen and oxygen atoms in total. The third kappa shape index (κ3) is 5.95. The topological polar surface area (TPSA) is 64.6 Å². The van der Waals surface area contributed by atoms with Gasteiger partial charge in [0.2, 0.25) is 0 Å². The Bertz CT molecular complexity index is 523.